The van der Waals surface area contributed by atoms with Crippen LogP contribution in [0.15, 0.2) is 24.3 Å². The summed E-state index contributed by atoms with van der Waals surface area (Å²) in [7, 11) is 0. The van der Waals surface area contributed by atoms with Crippen molar-refractivity contribution < 1.29 is 14.3 Å². The molecule has 22 heavy (non-hydrogen) atoms. The van der Waals surface area contributed by atoms with E-state index in [-0.39, 0.29) is 24.3 Å². The molecule has 1 aromatic carbocycles. The molecule has 1 rings (SSSR count). The SMILES string of the molecule is Cc1cccc(OCCNC(=O)CNC(=O)[C@@H](N)C(C)C)c1. The van der Waals surface area contributed by atoms with Gasteiger partial charge >= 0.3 is 0 Å². The van der Waals surface area contributed by atoms with E-state index in [9.17, 15) is 9.59 Å². The van der Waals surface area contributed by atoms with Crippen LogP contribution in [0.5, 0.6) is 5.75 Å². The fourth-order valence-electron chi connectivity index (χ4n) is 1.71. The molecule has 0 aliphatic carbocycles. The van der Waals surface area contributed by atoms with E-state index in [2.05, 4.69) is 10.6 Å². The first-order valence-corrected chi connectivity index (χ1v) is 7.39. The zero-order chi connectivity index (χ0) is 16.5. The summed E-state index contributed by atoms with van der Waals surface area (Å²) in [5.41, 5.74) is 6.80. The van der Waals surface area contributed by atoms with Gasteiger partial charge in [-0.05, 0) is 30.5 Å². The van der Waals surface area contributed by atoms with Crippen molar-refractivity contribution in [1.82, 2.24) is 10.6 Å². The van der Waals surface area contributed by atoms with Gasteiger partial charge in [-0.1, -0.05) is 26.0 Å². The van der Waals surface area contributed by atoms with Crippen molar-refractivity contribution in [2.45, 2.75) is 26.8 Å². The zero-order valence-electron chi connectivity index (χ0n) is 13.4. The number of hydrogen-bond donors (Lipinski definition) is 3. The standard InChI is InChI=1S/C16H25N3O3/c1-11(2)15(17)16(21)19-10-14(20)18-7-8-22-13-6-4-5-12(3)9-13/h4-6,9,11,15H,7-8,10,17H2,1-3H3,(H,18,20)(H,19,21)/t15-/m0/s1. The molecule has 0 fully saturated rings. The Morgan fingerprint density at radius 3 is 2.64 bits per heavy atom. The van der Waals surface area contributed by atoms with Crippen LogP contribution in [0.25, 0.3) is 0 Å². The molecule has 0 bridgehead atoms. The monoisotopic (exact) mass is 307 g/mol. The molecule has 6 heteroatoms. The number of ether oxygens (including phenoxy) is 1. The maximum Gasteiger partial charge on any atom is 0.239 e. The van der Waals surface area contributed by atoms with Gasteiger partial charge in [-0.25, -0.2) is 0 Å². The van der Waals surface area contributed by atoms with E-state index in [4.69, 9.17) is 10.5 Å². The van der Waals surface area contributed by atoms with Gasteiger partial charge in [0, 0.05) is 0 Å². The summed E-state index contributed by atoms with van der Waals surface area (Å²) >= 11 is 0. The lowest BCUT2D eigenvalue weighted by Crippen LogP contribution is -2.47. The lowest BCUT2D eigenvalue weighted by atomic mass is 10.1. The van der Waals surface area contributed by atoms with Crippen LogP contribution in [0.2, 0.25) is 0 Å². The molecule has 0 aliphatic heterocycles. The van der Waals surface area contributed by atoms with Gasteiger partial charge in [0.1, 0.15) is 12.4 Å². The molecule has 0 saturated carbocycles. The molecule has 122 valence electrons. The largest absolute Gasteiger partial charge is 0.492 e. The second kappa shape index (κ2) is 9.04. The molecule has 0 unspecified atom stereocenters. The topological polar surface area (TPSA) is 93.5 Å². The Bertz CT molecular complexity index is 503. The maximum absolute atomic E-state index is 11.6. The van der Waals surface area contributed by atoms with Crippen LogP contribution < -0.4 is 21.1 Å². The van der Waals surface area contributed by atoms with Crippen molar-refractivity contribution in [3.8, 4) is 5.75 Å². The van der Waals surface area contributed by atoms with E-state index in [0.717, 1.165) is 11.3 Å². The molecule has 0 aliphatic rings. The van der Waals surface area contributed by atoms with E-state index in [1.807, 2.05) is 45.0 Å². The normalized spacial score (nSPS) is 11.9. The summed E-state index contributed by atoms with van der Waals surface area (Å²) in [6, 6.07) is 7.09. The van der Waals surface area contributed by atoms with Crippen molar-refractivity contribution in [3.63, 3.8) is 0 Å². The zero-order valence-corrected chi connectivity index (χ0v) is 13.4. The third-order valence-electron chi connectivity index (χ3n) is 3.13. The molecule has 1 aromatic rings. The van der Waals surface area contributed by atoms with Crippen LogP contribution in [0, 0.1) is 12.8 Å². The molecule has 4 N–H and O–H groups in total. The summed E-state index contributed by atoms with van der Waals surface area (Å²) in [5.74, 6) is 0.217. The number of nitrogens with two attached hydrogens (primary N) is 1. The summed E-state index contributed by atoms with van der Waals surface area (Å²) in [4.78, 5) is 23.2. The molecule has 0 saturated heterocycles. The number of nitrogens with one attached hydrogen (secondary N) is 2. The molecular formula is C16H25N3O3. The van der Waals surface area contributed by atoms with Gasteiger partial charge in [0.2, 0.25) is 11.8 Å². The van der Waals surface area contributed by atoms with Gasteiger partial charge in [0.25, 0.3) is 0 Å². The van der Waals surface area contributed by atoms with Crippen LogP contribution in [-0.2, 0) is 9.59 Å². The summed E-state index contributed by atoms with van der Waals surface area (Å²) < 4.78 is 5.51. The third kappa shape index (κ3) is 6.58. The number of carbonyl (C=O) groups is 2. The maximum atomic E-state index is 11.6. The molecule has 0 spiro atoms. The van der Waals surface area contributed by atoms with Crippen molar-refractivity contribution in [2.24, 2.45) is 11.7 Å². The molecular weight excluding hydrogens is 282 g/mol. The van der Waals surface area contributed by atoms with Crippen LogP contribution in [-0.4, -0.2) is 37.6 Å². The quantitative estimate of drug-likeness (QED) is 0.613. The van der Waals surface area contributed by atoms with Gasteiger partial charge in [0.05, 0.1) is 19.1 Å². The molecule has 2 amide bonds. The van der Waals surface area contributed by atoms with Crippen molar-refractivity contribution in [2.75, 3.05) is 19.7 Å². The average Bonchev–Trinajstić information content (AvgIpc) is 2.48. The van der Waals surface area contributed by atoms with Gasteiger partial charge in [-0.15, -0.1) is 0 Å². The van der Waals surface area contributed by atoms with Crippen LogP contribution in [0.4, 0.5) is 0 Å². The number of aryl methyl sites for hydroxylation is 1. The minimum atomic E-state index is -0.600. The van der Waals surface area contributed by atoms with Crippen LogP contribution in [0.3, 0.4) is 0 Å². The van der Waals surface area contributed by atoms with Crippen molar-refractivity contribution in [1.29, 1.82) is 0 Å². The van der Waals surface area contributed by atoms with Gasteiger partial charge < -0.3 is 21.1 Å². The predicted molar refractivity (Wildman–Crippen MR) is 85.5 cm³/mol. The minimum Gasteiger partial charge on any atom is -0.492 e. The summed E-state index contributed by atoms with van der Waals surface area (Å²) in [6.07, 6.45) is 0. The van der Waals surface area contributed by atoms with Gasteiger partial charge in [-0.3, -0.25) is 9.59 Å². The number of amides is 2. The molecule has 1 atom stereocenters. The number of hydrogen-bond acceptors (Lipinski definition) is 4. The van der Waals surface area contributed by atoms with Gasteiger partial charge in [-0.2, -0.15) is 0 Å². The lowest BCUT2D eigenvalue weighted by molar-refractivity contribution is -0.127. The molecule has 0 heterocycles. The van der Waals surface area contributed by atoms with E-state index in [0.29, 0.717) is 13.2 Å². The van der Waals surface area contributed by atoms with Gasteiger partial charge in [0.15, 0.2) is 0 Å². The Morgan fingerprint density at radius 1 is 1.27 bits per heavy atom. The first kappa shape index (κ1) is 18.0. The lowest BCUT2D eigenvalue weighted by Gasteiger charge is -2.15. The Labute approximate surface area is 131 Å². The summed E-state index contributed by atoms with van der Waals surface area (Å²) in [5, 5.41) is 5.18. The summed E-state index contributed by atoms with van der Waals surface area (Å²) in [6.45, 7) is 6.36. The van der Waals surface area contributed by atoms with E-state index >= 15 is 0 Å². The number of rotatable bonds is 8. The Balaban J connectivity index is 2.17. The highest BCUT2D eigenvalue weighted by atomic mass is 16.5. The first-order valence-electron chi connectivity index (χ1n) is 7.39. The molecule has 6 nitrogen and oxygen atoms in total. The number of carbonyl (C=O) groups excluding carboxylic acids is 2. The van der Waals surface area contributed by atoms with Crippen molar-refractivity contribution in [3.05, 3.63) is 29.8 Å². The predicted octanol–water partition coefficient (Wildman–Crippen LogP) is 0.590. The van der Waals surface area contributed by atoms with Crippen LogP contribution in [0.1, 0.15) is 19.4 Å². The first-order chi connectivity index (χ1) is 10.4. The Kier molecular flexibility index (Phi) is 7.39. The molecule has 0 aromatic heterocycles. The Hall–Kier alpha value is -2.08. The second-order valence-corrected chi connectivity index (χ2v) is 5.50. The second-order valence-electron chi connectivity index (χ2n) is 5.50. The highest BCUT2D eigenvalue weighted by molar-refractivity contribution is 5.87. The Morgan fingerprint density at radius 2 is 2.00 bits per heavy atom. The highest BCUT2D eigenvalue weighted by Crippen LogP contribution is 2.11. The fraction of sp³-hybridized carbons (Fsp3) is 0.500. The van der Waals surface area contributed by atoms with E-state index in [1.54, 1.807) is 0 Å². The average molecular weight is 307 g/mol. The van der Waals surface area contributed by atoms with E-state index < -0.39 is 6.04 Å². The van der Waals surface area contributed by atoms with Crippen LogP contribution >= 0.6 is 0 Å². The highest BCUT2D eigenvalue weighted by Gasteiger charge is 2.17. The molecule has 0 radical (unpaired) electrons. The minimum absolute atomic E-state index is 0.0331. The van der Waals surface area contributed by atoms with E-state index in [1.165, 1.54) is 0 Å². The third-order valence-corrected chi connectivity index (χ3v) is 3.13. The van der Waals surface area contributed by atoms with Crippen molar-refractivity contribution >= 4 is 11.8 Å². The fourth-order valence-corrected chi connectivity index (χ4v) is 1.71. The number of benzene rings is 1. The smallest absolute Gasteiger partial charge is 0.239 e.